The Hall–Kier alpha value is -2.31. The number of hydrogen-bond acceptors (Lipinski definition) is 6. The van der Waals surface area contributed by atoms with Gasteiger partial charge in [-0.3, -0.25) is 10.1 Å². The van der Waals surface area contributed by atoms with Crippen LogP contribution in [-0.2, 0) is 4.74 Å². The van der Waals surface area contributed by atoms with Gasteiger partial charge in [-0.15, -0.1) is 0 Å². The molecule has 0 heterocycles. The lowest BCUT2D eigenvalue weighted by molar-refractivity contribution is -0.386. The van der Waals surface area contributed by atoms with Crippen molar-refractivity contribution in [3.63, 3.8) is 0 Å². The van der Waals surface area contributed by atoms with Crippen molar-refractivity contribution in [2.45, 2.75) is 6.92 Å². The van der Waals surface area contributed by atoms with Crippen LogP contribution in [0.25, 0.3) is 0 Å². The maximum absolute atomic E-state index is 11.5. The highest BCUT2D eigenvalue weighted by atomic mass is 16.6. The van der Waals surface area contributed by atoms with E-state index >= 15 is 0 Å². The van der Waals surface area contributed by atoms with Crippen LogP contribution in [0.2, 0.25) is 0 Å². The van der Waals surface area contributed by atoms with Crippen LogP contribution in [0.4, 0.5) is 5.69 Å². The number of hydrogen-bond donors (Lipinski definition) is 1. The fraction of sp³-hybridized carbons (Fsp3) is 0.300. The van der Waals surface area contributed by atoms with Crippen molar-refractivity contribution in [3.8, 4) is 11.5 Å². The van der Waals surface area contributed by atoms with Crippen molar-refractivity contribution in [1.29, 1.82) is 0 Å². The molecule has 0 spiro atoms. The lowest BCUT2D eigenvalue weighted by Crippen LogP contribution is -2.09. The first-order valence-corrected chi connectivity index (χ1v) is 4.74. The molecule has 0 fully saturated rings. The van der Waals surface area contributed by atoms with Gasteiger partial charge in [-0.25, -0.2) is 4.79 Å². The number of carbonyl (C=O) groups is 1. The molecular formula is C10H11NO6. The third-order valence-electron chi connectivity index (χ3n) is 2.00. The molecule has 0 atom stereocenters. The van der Waals surface area contributed by atoms with Crippen LogP contribution in [0.5, 0.6) is 11.5 Å². The molecular weight excluding hydrogens is 230 g/mol. The molecule has 1 aromatic rings. The normalized spacial score (nSPS) is 9.76. The quantitative estimate of drug-likeness (QED) is 0.487. The predicted octanol–water partition coefficient (Wildman–Crippen LogP) is 1.49. The van der Waals surface area contributed by atoms with Gasteiger partial charge < -0.3 is 14.6 Å². The van der Waals surface area contributed by atoms with Crippen LogP contribution in [0, 0.1) is 10.1 Å². The fourth-order valence-corrected chi connectivity index (χ4v) is 1.31. The lowest BCUT2D eigenvalue weighted by Gasteiger charge is -2.08. The number of nitrogens with zero attached hydrogens (tertiary/aromatic N) is 1. The minimum absolute atomic E-state index is 0.0483. The summed E-state index contributed by atoms with van der Waals surface area (Å²) < 4.78 is 9.41. The maximum Gasteiger partial charge on any atom is 0.349 e. The average molecular weight is 241 g/mol. The first kappa shape index (κ1) is 12.8. The third-order valence-corrected chi connectivity index (χ3v) is 2.00. The number of carbonyl (C=O) groups excluding carboxylic acids is 1. The van der Waals surface area contributed by atoms with E-state index in [1.54, 1.807) is 6.92 Å². The second kappa shape index (κ2) is 5.15. The second-order valence-corrected chi connectivity index (χ2v) is 2.99. The molecule has 0 saturated heterocycles. The van der Waals surface area contributed by atoms with Crippen LogP contribution in [-0.4, -0.2) is 29.7 Å². The Morgan fingerprint density at radius 2 is 2.18 bits per heavy atom. The SMILES string of the molecule is CCOC(=O)c1c(O)ccc(OC)c1[N+](=O)[O-]. The van der Waals surface area contributed by atoms with E-state index in [-0.39, 0.29) is 12.4 Å². The summed E-state index contributed by atoms with van der Waals surface area (Å²) in [4.78, 5) is 21.6. The van der Waals surface area contributed by atoms with Gasteiger partial charge in [0.2, 0.25) is 0 Å². The van der Waals surface area contributed by atoms with Gasteiger partial charge in [0.1, 0.15) is 5.75 Å². The molecule has 0 aliphatic carbocycles. The van der Waals surface area contributed by atoms with E-state index in [0.717, 1.165) is 6.07 Å². The van der Waals surface area contributed by atoms with Crippen molar-refractivity contribution in [3.05, 3.63) is 27.8 Å². The van der Waals surface area contributed by atoms with Crippen LogP contribution in [0.1, 0.15) is 17.3 Å². The van der Waals surface area contributed by atoms with E-state index in [1.807, 2.05) is 0 Å². The Kier molecular flexibility index (Phi) is 3.86. The van der Waals surface area contributed by atoms with Gasteiger partial charge in [0.05, 0.1) is 18.6 Å². The largest absolute Gasteiger partial charge is 0.507 e. The monoisotopic (exact) mass is 241 g/mol. The molecule has 1 aromatic carbocycles. The number of nitro benzene ring substituents is 1. The number of benzene rings is 1. The van der Waals surface area contributed by atoms with Crippen molar-refractivity contribution in [1.82, 2.24) is 0 Å². The van der Waals surface area contributed by atoms with E-state index in [1.165, 1.54) is 13.2 Å². The minimum atomic E-state index is -0.962. The van der Waals surface area contributed by atoms with Gasteiger partial charge >= 0.3 is 11.7 Å². The summed E-state index contributed by atoms with van der Waals surface area (Å²) in [5.41, 5.74) is -1.11. The summed E-state index contributed by atoms with van der Waals surface area (Å²) in [6.07, 6.45) is 0. The van der Waals surface area contributed by atoms with E-state index in [0.29, 0.717) is 0 Å². The van der Waals surface area contributed by atoms with Crippen molar-refractivity contribution >= 4 is 11.7 Å². The Labute approximate surface area is 96.7 Å². The Balaban J connectivity index is 3.44. The number of methoxy groups -OCH3 is 1. The molecule has 1 N–H and O–H groups in total. The van der Waals surface area contributed by atoms with Crippen LogP contribution < -0.4 is 4.74 Å². The zero-order valence-corrected chi connectivity index (χ0v) is 9.30. The molecule has 0 aliphatic heterocycles. The summed E-state index contributed by atoms with van der Waals surface area (Å²) in [7, 11) is 1.23. The molecule has 7 heteroatoms. The highest BCUT2D eigenvalue weighted by Gasteiger charge is 2.30. The molecule has 0 unspecified atom stereocenters. The number of phenols is 1. The van der Waals surface area contributed by atoms with E-state index < -0.39 is 27.9 Å². The molecule has 0 aromatic heterocycles. The summed E-state index contributed by atoms with van der Waals surface area (Å²) in [5, 5.41) is 20.4. The number of nitro groups is 1. The van der Waals surface area contributed by atoms with Gasteiger partial charge in [0.25, 0.3) is 0 Å². The zero-order valence-electron chi connectivity index (χ0n) is 9.30. The molecule has 0 bridgehead atoms. The maximum atomic E-state index is 11.5. The van der Waals surface area contributed by atoms with Gasteiger partial charge in [0.15, 0.2) is 11.3 Å². The molecule has 0 radical (unpaired) electrons. The molecule has 0 aliphatic rings. The van der Waals surface area contributed by atoms with Gasteiger partial charge in [0, 0.05) is 0 Å². The Morgan fingerprint density at radius 3 is 2.65 bits per heavy atom. The summed E-state index contributed by atoms with van der Waals surface area (Å²) in [6.45, 7) is 1.60. The lowest BCUT2D eigenvalue weighted by atomic mass is 10.1. The standard InChI is InChI=1S/C10H11NO6/c1-3-17-10(13)8-6(12)4-5-7(16-2)9(8)11(14)15/h4-5,12H,3H2,1-2H3. The summed E-state index contributed by atoms with van der Waals surface area (Å²) >= 11 is 0. The smallest absolute Gasteiger partial charge is 0.349 e. The van der Waals surface area contributed by atoms with Crippen molar-refractivity contribution < 1.29 is 24.3 Å². The first-order valence-electron chi connectivity index (χ1n) is 4.74. The van der Waals surface area contributed by atoms with Crippen LogP contribution >= 0.6 is 0 Å². The Bertz CT molecular complexity index is 456. The van der Waals surface area contributed by atoms with Crippen molar-refractivity contribution in [2.75, 3.05) is 13.7 Å². The highest BCUT2D eigenvalue weighted by molar-refractivity contribution is 5.98. The first-order chi connectivity index (χ1) is 8.02. The van der Waals surface area contributed by atoms with Gasteiger partial charge in [-0.2, -0.15) is 0 Å². The molecule has 1 rings (SSSR count). The second-order valence-electron chi connectivity index (χ2n) is 2.99. The molecule has 92 valence electrons. The fourth-order valence-electron chi connectivity index (χ4n) is 1.31. The topological polar surface area (TPSA) is 98.9 Å². The zero-order chi connectivity index (χ0) is 13.0. The van der Waals surface area contributed by atoms with E-state index in [2.05, 4.69) is 4.74 Å². The van der Waals surface area contributed by atoms with Gasteiger partial charge in [-0.1, -0.05) is 0 Å². The Morgan fingerprint density at radius 1 is 1.53 bits per heavy atom. The molecule has 17 heavy (non-hydrogen) atoms. The number of aromatic hydroxyl groups is 1. The minimum Gasteiger partial charge on any atom is -0.507 e. The summed E-state index contributed by atoms with van der Waals surface area (Å²) in [6, 6.07) is 2.34. The predicted molar refractivity (Wildman–Crippen MR) is 57.3 cm³/mol. The number of ether oxygens (including phenoxy) is 2. The highest BCUT2D eigenvalue weighted by Crippen LogP contribution is 2.36. The third kappa shape index (κ3) is 2.44. The number of esters is 1. The number of phenolic OH excluding ortho intramolecular Hbond substituents is 1. The molecule has 7 nitrogen and oxygen atoms in total. The van der Waals surface area contributed by atoms with Crippen molar-refractivity contribution in [2.24, 2.45) is 0 Å². The van der Waals surface area contributed by atoms with Crippen LogP contribution in [0.3, 0.4) is 0 Å². The van der Waals surface area contributed by atoms with Gasteiger partial charge in [-0.05, 0) is 19.1 Å². The number of rotatable bonds is 4. The van der Waals surface area contributed by atoms with E-state index in [4.69, 9.17) is 4.74 Å². The summed E-state index contributed by atoms with van der Waals surface area (Å²) in [5.74, 6) is -1.59. The average Bonchev–Trinajstić information content (AvgIpc) is 2.28. The van der Waals surface area contributed by atoms with Crippen LogP contribution in [0.15, 0.2) is 12.1 Å². The molecule has 0 amide bonds. The molecule has 0 saturated carbocycles. The van der Waals surface area contributed by atoms with E-state index in [9.17, 15) is 20.0 Å².